The smallest absolute Gasteiger partial charge is 0.287 e. The van der Waals surface area contributed by atoms with Gasteiger partial charge < -0.3 is 18.3 Å². The van der Waals surface area contributed by atoms with Gasteiger partial charge in [-0.2, -0.15) is 0 Å². The van der Waals surface area contributed by atoms with Crippen molar-refractivity contribution in [1.29, 1.82) is 0 Å². The molecule has 14 heteroatoms. The normalized spacial score (nSPS) is 10.7. The van der Waals surface area contributed by atoms with E-state index in [2.05, 4.69) is 9.97 Å². The average molecular weight is 721 g/mol. The molecular formula is C40H24N4O10. The molecule has 0 radical (unpaired) electrons. The lowest BCUT2D eigenvalue weighted by Crippen LogP contribution is -2.00. The van der Waals surface area contributed by atoms with Crippen molar-refractivity contribution in [2.24, 2.45) is 0 Å². The number of nitrogens with zero attached hydrogens (tertiary/aromatic N) is 4. The molecule has 0 atom stereocenters. The molecule has 0 aliphatic carbocycles. The standard InChI is InChI=1S/2C20H12N2O5/c2*23-17-11-19(13-4-2-1-3-5-13)27-18-8-7-15(10-16(17)18)26-20-9-6-14(12-21-20)22(24)25/h2*1-12H. The fraction of sp³-hybridized carbons (Fsp3) is 0. The van der Waals surface area contributed by atoms with Crippen molar-refractivity contribution < 1.29 is 28.2 Å². The Morgan fingerprint density at radius 1 is 0.500 bits per heavy atom. The fourth-order valence-corrected chi connectivity index (χ4v) is 5.21. The van der Waals surface area contributed by atoms with Crippen LogP contribution >= 0.6 is 0 Å². The van der Waals surface area contributed by atoms with Gasteiger partial charge in [0.25, 0.3) is 11.4 Å². The van der Waals surface area contributed by atoms with Gasteiger partial charge in [0.05, 0.1) is 20.6 Å². The third kappa shape index (κ3) is 7.82. The molecule has 4 aromatic carbocycles. The Morgan fingerprint density at radius 2 is 0.907 bits per heavy atom. The Kier molecular flexibility index (Phi) is 9.62. The lowest BCUT2D eigenvalue weighted by atomic mass is 10.1. The largest absolute Gasteiger partial charge is 0.456 e. The number of nitro groups is 2. The molecule has 0 unspecified atom stereocenters. The number of hydrogen-bond donors (Lipinski definition) is 0. The van der Waals surface area contributed by atoms with E-state index in [0.717, 1.165) is 23.5 Å². The minimum atomic E-state index is -0.539. The van der Waals surface area contributed by atoms with Crippen molar-refractivity contribution in [3.05, 3.63) is 187 Å². The Balaban J connectivity index is 0.000000167. The van der Waals surface area contributed by atoms with Crippen molar-refractivity contribution in [3.8, 4) is 45.9 Å². The van der Waals surface area contributed by atoms with Crippen molar-refractivity contribution >= 4 is 33.3 Å². The maximum absolute atomic E-state index is 12.5. The quantitative estimate of drug-likeness (QED) is 0.107. The Bertz CT molecular complexity index is 2560. The van der Waals surface area contributed by atoms with Crippen LogP contribution in [0.2, 0.25) is 0 Å². The molecule has 0 aliphatic rings. The number of pyridine rings is 2. The average Bonchev–Trinajstić information content (AvgIpc) is 3.19. The monoisotopic (exact) mass is 720 g/mol. The van der Waals surface area contributed by atoms with E-state index in [1.54, 1.807) is 36.4 Å². The van der Waals surface area contributed by atoms with Gasteiger partial charge in [-0.05, 0) is 36.4 Å². The predicted octanol–water partition coefficient (Wildman–Crippen LogP) is 9.11. The van der Waals surface area contributed by atoms with Crippen LogP contribution in [-0.4, -0.2) is 19.8 Å². The van der Waals surface area contributed by atoms with Crippen LogP contribution in [0.5, 0.6) is 23.3 Å². The van der Waals surface area contributed by atoms with E-state index in [9.17, 15) is 29.8 Å². The summed E-state index contributed by atoms with van der Waals surface area (Å²) < 4.78 is 22.8. The molecule has 0 spiro atoms. The maximum atomic E-state index is 12.5. The second-order valence-electron chi connectivity index (χ2n) is 11.4. The third-order valence-corrected chi connectivity index (χ3v) is 7.82. The highest BCUT2D eigenvalue weighted by atomic mass is 16.6. The molecule has 0 saturated carbocycles. The summed E-state index contributed by atoms with van der Waals surface area (Å²) >= 11 is 0. The van der Waals surface area contributed by atoms with Crippen LogP contribution in [0.15, 0.2) is 164 Å². The molecule has 8 aromatic rings. The number of rotatable bonds is 8. The minimum Gasteiger partial charge on any atom is -0.456 e. The zero-order valence-corrected chi connectivity index (χ0v) is 27.7. The van der Waals surface area contributed by atoms with Crippen LogP contribution < -0.4 is 20.3 Å². The zero-order chi connectivity index (χ0) is 37.6. The SMILES string of the molecule is O=c1cc(-c2ccccc2)oc2ccc(Oc3ccc([N+](=O)[O-])cn3)cc12.O=c1cc(-c2ccccc2)oc2ccc(Oc3ccc([N+](=O)[O-])cn3)cc12. The van der Waals surface area contributed by atoms with Crippen molar-refractivity contribution in [2.75, 3.05) is 0 Å². The van der Waals surface area contributed by atoms with E-state index >= 15 is 0 Å². The van der Waals surface area contributed by atoms with E-state index in [-0.39, 0.29) is 34.0 Å². The number of aromatic nitrogens is 2. The Labute approximate surface area is 303 Å². The molecule has 0 fully saturated rings. The van der Waals surface area contributed by atoms with Crippen LogP contribution in [0, 0.1) is 20.2 Å². The first kappa shape index (κ1) is 34.4. The predicted molar refractivity (Wildman–Crippen MR) is 198 cm³/mol. The molecule has 4 heterocycles. The second kappa shape index (κ2) is 15.1. The molecule has 0 saturated heterocycles. The third-order valence-electron chi connectivity index (χ3n) is 7.82. The summed E-state index contributed by atoms with van der Waals surface area (Å²) in [6.45, 7) is 0. The van der Waals surface area contributed by atoms with Crippen LogP contribution in [0.3, 0.4) is 0 Å². The molecule has 14 nitrogen and oxygen atoms in total. The summed E-state index contributed by atoms with van der Waals surface area (Å²) in [5.74, 6) is 2.10. The van der Waals surface area contributed by atoms with Crippen LogP contribution in [0.4, 0.5) is 11.4 Å². The molecule has 0 aliphatic heterocycles. The van der Waals surface area contributed by atoms with Gasteiger partial charge in [-0.25, -0.2) is 9.97 Å². The van der Waals surface area contributed by atoms with E-state index in [4.69, 9.17) is 18.3 Å². The van der Waals surface area contributed by atoms with Gasteiger partial charge in [0.15, 0.2) is 10.9 Å². The van der Waals surface area contributed by atoms with Crippen LogP contribution in [-0.2, 0) is 0 Å². The topological polar surface area (TPSA) is 191 Å². The lowest BCUT2D eigenvalue weighted by Gasteiger charge is -2.07. The second-order valence-corrected chi connectivity index (χ2v) is 11.4. The first-order valence-corrected chi connectivity index (χ1v) is 16.0. The van der Waals surface area contributed by atoms with Gasteiger partial charge in [-0.3, -0.25) is 29.8 Å². The molecule has 0 bridgehead atoms. The van der Waals surface area contributed by atoms with E-state index < -0.39 is 9.85 Å². The summed E-state index contributed by atoms with van der Waals surface area (Å²) in [4.78, 5) is 53.0. The highest BCUT2D eigenvalue weighted by Gasteiger charge is 2.12. The molecular weight excluding hydrogens is 696 g/mol. The van der Waals surface area contributed by atoms with Gasteiger partial charge in [0.2, 0.25) is 11.8 Å². The molecule has 0 N–H and O–H groups in total. The summed E-state index contributed by atoms with van der Waals surface area (Å²) in [6.07, 6.45) is 2.22. The Morgan fingerprint density at radius 3 is 1.26 bits per heavy atom. The van der Waals surface area contributed by atoms with Gasteiger partial charge >= 0.3 is 0 Å². The number of ether oxygens (including phenoxy) is 2. The van der Waals surface area contributed by atoms with E-state index in [1.807, 2.05) is 60.7 Å². The first-order valence-electron chi connectivity index (χ1n) is 16.0. The van der Waals surface area contributed by atoms with Crippen molar-refractivity contribution in [2.45, 2.75) is 0 Å². The van der Waals surface area contributed by atoms with Crippen LogP contribution in [0.25, 0.3) is 44.6 Å². The van der Waals surface area contributed by atoms with Gasteiger partial charge in [-0.15, -0.1) is 0 Å². The van der Waals surface area contributed by atoms with Crippen molar-refractivity contribution in [1.82, 2.24) is 9.97 Å². The molecule has 4 aromatic heterocycles. The fourth-order valence-electron chi connectivity index (χ4n) is 5.21. The molecule has 8 rings (SSSR count). The summed E-state index contributed by atoms with van der Waals surface area (Å²) in [7, 11) is 0. The summed E-state index contributed by atoms with van der Waals surface area (Å²) in [5.41, 5.74) is 1.84. The van der Waals surface area contributed by atoms with Gasteiger partial charge in [0, 0.05) is 47.5 Å². The van der Waals surface area contributed by atoms with Crippen molar-refractivity contribution in [3.63, 3.8) is 0 Å². The number of hydrogen-bond acceptors (Lipinski definition) is 12. The lowest BCUT2D eigenvalue weighted by molar-refractivity contribution is -0.385. The number of fused-ring (bicyclic) bond motifs is 2. The molecule has 264 valence electrons. The summed E-state index contributed by atoms with van der Waals surface area (Å²) in [6, 6.07) is 36.6. The summed E-state index contributed by atoms with van der Waals surface area (Å²) in [5, 5.41) is 22.1. The van der Waals surface area contributed by atoms with Crippen LogP contribution in [0.1, 0.15) is 0 Å². The first-order chi connectivity index (χ1) is 26.2. The highest BCUT2D eigenvalue weighted by molar-refractivity contribution is 5.81. The highest BCUT2D eigenvalue weighted by Crippen LogP contribution is 2.29. The molecule has 0 amide bonds. The number of benzene rings is 4. The maximum Gasteiger partial charge on any atom is 0.287 e. The Hall–Kier alpha value is -8.00. The zero-order valence-electron chi connectivity index (χ0n) is 27.7. The minimum absolute atomic E-state index is 0.130. The van der Waals surface area contributed by atoms with Gasteiger partial charge in [0.1, 0.15) is 46.6 Å². The molecule has 54 heavy (non-hydrogen) atoms. The van der Waals surface area contributed by atoms with Gasteiger partial charge in [-0.1, -0.05) is 60.7 Å². The van der Waals surface area contributed by atoms with E-state index in [0.29, 0.717) is 45.0 Å². The van der Waals surface area contributed by atoms with E-state index in [1.165, 1.54) is 36.4 Å².